The summed E-state index contributed by atoms with van der Waals surface area (Å²) in [6.45, 7) is 4.19. The van der Waals surface area contributed by atoms with E-state index in [4.69, 9.17) is 5.11 Å². The number of carbonyl (C=O) groups is 1. The standard InChI is InChI=1S/C14H17N3O2/c1-9(2)11(14(18)19)7-15-13-8-16-17-12-6-4-3-5-10(12)13/h3-6,8-9,11H,7H2,1-2H3,(H,15,17)(H,18,19). The normalized spacial score (nSPS) is 12.6. The summed E-state index contributed by atoms with van der Waals surface area (Å²) in [4.78, 5) is 11.2. The van der Waals surface area contributed by atoms with Crippen molar-refractivity contribution in [3.05, 3.63) is 30.5 Å². The topological polar surface area (TPSA) is 75.1 Å². The Hall–Kier alpha value is -2.17. The minimum absolute atomic E-state index is 0.0751. The molecule has 1 unspecified atom stereocenters. The fourth-order valence-corrected chi connectivity index (χ4v) is 1.98. The van der Waals surface area contributed by atoms with Gasteiger partial charge in [-0.25, -0.2) is 0 Å². The van der Waals surface area contributed by atoms with E-state index in [0.29, 0.717) is 6.54 Å². The summed E-state index contributed by atoms with van der Waals surface area (Å²) in [5.41, 5.74) is 1.61. The summed E-state index contributed by atoms with van der Waals surface area (Å²) in [6, 6.07) is 7.64. The Morgan fingerprint density at radius 1 is 1.37 bits per heavy atom. The molecule has 0 aliphatic heterocycles. The van der Waals surface area contributed by atoms with E-state index in [1.165, 1.54) is 0 Å². The molecule has 0 aliphatic rings. The van der Waals surface area contributed by atoms with Crippen molar-refractivity contribution < 1.29 is 9.90 Å². The SMILES string of the molecule is CC(C)C(CNc1cnnc2ccccc12)C(=O)O. The van der Waals surface area contributed by atoms with Crippen LogP contribution in [0.15, 0.2) is 30.5 Å². The van der Waals surface area contributed by atoms with Gasteiger partial charge < -0.3 is 10.4 Å². The molecule has 2 rings (SSSR count). The first-order chi connectivity index (χ1) is 9.09. The maximum absolute atomic E-state index is 11.2. The van der Waals surface area contributed by atoms with Crippen LogP contribution in [-0.2, 0) is 4.79 Å². The van der Waals surface area contributed by atoms with Gasteiger partial charge in [-0.15, -0.1) is 0 Å². The first-order valence-electron chi connectivity index (χ1n) is 6.26. The van der Waals surface area contributed by atoms with Gasteiger partial charge in [0.05, 0.1) is 23.3 Å². The van der Waals surface area contributed by atoms with Crippen molar-refractivity contribution in [2.45, 2.75) is 13.8 Å². The third kappa shape index (κ3) is 2.99. The predicted octanol–water partition coefficient (Wildman–Crippen LogP) is 2.40. The molecule has 0 radical (unpaired) electrons. The molecule has 1 atom stereocenters. The highest BCUT2D eigenvalue weighted by Gasteiger charge is 2.21. The molecule has 1 heterocycles. The van der Waals surface area contributed by atoms with Crippen LogP contribution < -0.4 is 5.32 Å². The van der Waals surface area contributed by atoms with Gasteiger partial charge in [0.2, 0.25) is 0 Å². The van der Waals surface area contributed by atoms with E-state index < -0.39 is 11.9 Å². The number of nitrogens with zero attached hydrogens (tertiary/aromatic N) is 2. The summed E-state index contributed by atoms with van der Waals surface area (Å²) in [5, 5.41) is 21.2. The fraction of sp³-hybridized carbons (Fsp3) is 0.357. The summed E-state index contributed by atoms with van der Waals surface area (Å²) < 4.78 is 0. The van der Waals surface area contributed by atoms with Crippen LogP contribution >= 0.6 is 0 Å². The van der Waals surface area contributed by atoms with Crippen LogP contribution in [0.3, 0.4) is 0 Å². The molecule has 0 spiro atoms. The summed E-state index contributed by atoms with van der Waals surface area (Å²) in [6.07, 6.45) is 1.63. The minimum Gasteiger partial charge on any atom is -0.481 e. The third-order valence-electron chi connectivity index (χ3n) is 3.18. The molecule has 5 nitrogen and oxygen atoms in total. The van der Waals surface area contributed by atoms with Crippen molar-refractivity contribution >= 4 is 22.6 Å². The number of rotatable bonds is 5. The molecule has 0 saturated heterocycles. The summed E-state index contributed by atoms with van der Waals surface area (Å²) in [5.74, 6) is -1.13. The van der Waals surface area contributed by atoms with E-state index in [0.717, 1.165) is 16.6 Å². The lowest BCUT2D eigenvalue weighted by Crippen LogP contribution is -2.27. The van der Waals surface area contributed by atoms with E-state index in [9.17, 15) is 4.79 Å². The maximum atomic E-state index is 11.2. The van der Waals surface area contributed by atoms with Crippen molar-refractivity contribution in [1.82, 2.24) is 10.2 Å². The van der Waals surface area contributed by atoms with Gasteiger partial charge in [0, 0.05) is 11.9 Å². The molecular formula is C14H17N3O2. The monoisotopic (exact) mass is 259 g/mol. The van der Waals surface area contributed by atoms with Gasteiger partial charge in [0.1, 0.15) is 0 Å². The Kier molecular flexibility index (Phi) is 3.94. The van der Waals surface area contributed by atoms with Gasteiger partial charge >= 0.3 is 5.97 Å². The molecule has 2 aromatic rings. The number of hydrogen-bond acceptors (Lipinski definition) is 4. The van der Waals surface area contributed by atoms with Crippen LogP contribution in [0.2, 0.25) is 0 Å². The lowest BCUT2D eigenvalue weighted by Gasteiger charge is -2.17. The van der Waals surface area contributed by atoms with Crippen LogP contribution in [0.4, 0.5) is 5.69 Å². The molecule has 0 saturated carbocycles. The quantitative estimate of drug-likeness (QED) is 0.862. The highest BCUT2D eigenvalue weighted by Crippen LogP contribution is 2.21. The number of carboxylic acid groups (broad SMARTS) is 1. The molecule has 19 heavy (non-hydrogen) atoms. The van der Waals surface area contributed by atoms with Crippen LogP contribution in [0.1, 0.15) is 13.8 Å². The lowest BCUT2D eigenvalue weighted by atomic mass is 9.96. The van der Waals surface area contributed by atoms with Crippen molar-refractivity contribution in [2.24, 2.45) is 11.8 Å². The Morgan fingerprint density at radius 3 is 2.79 bits per heavy atom. The van der Waals surface area contributed by atoms with Crippen molar-refractivity contribution in [1.29, 1.82) is 0 Å². The number of benzene rings is 1. The van der Waals surface area contributed by atoms with Crippen LogP contribution in [-0.4, -0.2) is 27.8 Å². The Balaban J connectivity index is 2.20. The molecule has 2 N–H and O–H groups in total. The first kappa shape index (κ1) is 13.3. The number of nitrogens with one attached hydrogen (secondary N) is 1. The Morgan fingerprint density at radius 2 is 2.11 bits per heavy atom. The van der Waals surface area contributed by atoms with E-state index in [2.05, 4.69) is 15.5 Å². The molecule has 0 fully saturated rings. The van der Waals surface area contributed by atoms with Crippen molar-refractivity contribution in [2.75, 3.05) is 11.9 Å². The molecule has 0 amide bonds. The summed E-state index contributed by atoms with van der Waals surface area (Å²) in [7, 11) is 0. The smallest absolute Gasteiger partial charge is 0.308 e. The summed E-state index contributed by atoms with van der Waals surface area (Å²) >= 11 is 0. The van der Waals surface area contributed by atoms with E-state index in [-0.39, 0.29) is 5.92 Å². The highest BCUT2D eigenvalue weighted by molar-refractivity contribution is 5.90. The predicted molar refractivity (Wildman–Crippen MR) is 74.0 cm³/mol. The van der Waals surface area contributed by atoms with Crippen molar-refractivity contribution in [3.8, 4) is 0 Å². The molecule has 100 valence electrons. The zero-order chi connectivity index (χ0) is 13.8. The largest absolute Gasteiger partial charge is 0.481 e. The van der Waals surface area contributed by atoms with Gasteiger partial charge in [-0.2, -0.15) is 10.2 Å². The average Bonchev–Trinajstić information content (AvgIpc) is 2.38. The van der Waals surface area contributed by atoms with Crippen LogP contribution in [0, 0.1) is 11.8 Å². The van der Waals surface area contributed by atoms with Crippen LogP contribution in [0.25, 0.3) is 10.9 Å². The third-order valence-corrected chi connectivity index (χ3v) is 3.18. The van der Waals surface area contributed by atoms with E-state index in [1.54, 1.807) is 6.20 Å². The number of aromatic nitrogens is 2. The second-order valence-electron chi connectivity index (χ2n) is 4.85. The zero-order valence-corrected chi connectivity index (χ0v) is 11.0. The highest BCUT2D eigenvalue weighted by atomic mass is 16.4. The number of hydrogen-bond donors (Lipinski definition) is 2. The molecule has 1 aromatic heterocycles. The molecule has 5 heteroatoms. The minimum atomic E-state index is -0.783. The average molecular weight is 259 g/mol. The lowest BCUT2D eigenvalue weighted by molar-refractivity contribution is -0.142. The van der Waals surface area contributed by atoms with E-state index in [1.807, 2.05) is 38.1 Å². The molecule has 1 aromatic carbocycles. The van der Waals surface area contributed by atoms with Gasteiger partial charge in [-0.05, 0) is 12.0 Å². The number of aliphatic carboxylic acids is 1. The Labute approximate surface area is 111 Å². The number of anilines is 1. The first-order valence-corrected chi connectivity index (χ1v) is 6.26. The zero-order valence-electron chi connectivity index (χ0n) is 11.0. The van der Waals surface area contributed by atoms with Gasteiger partial charge in [-0.1, -0.05) is 32.0 Å². The molecule has 0 aliphatic carbocycles. The maximum Gasteiger partial charge on any atom is 0.308 e. The Bertz CT molecular complexity index is 578. The molecule has 0 bridgehead atoms. The number of fused-ring (bicyclic) bond motifs is 1. The van der Waals surface area contributed by atoms with Crippen molar-refractivity contribution in [3.63, 3.8) is 0 Å². The molecular weight excluding hydrogens is 242 g/mol. The second kappa shape index (κ2) is 5.65. The van der Waals surface area contributed by atoms with Gasteiger partial charge in [-0.3, -0.25) is 4.79 Å². The van der Waals surface area contributed by atoms with Crippen LogP contribution in [0.5, 0.6) is 0 Å². The van der Waals surface area contributed by atoms with E-state index >= 15 is 0 Å². The fourth-order valence-electron chi connectivity index (χ4n) is 1.98. The second-order valence-corrected chi connectivity index (χ2v) is 4.85. The van der Waals surface area contributed by atoms with Gasteiger partial charge in [0.15, 0.2) is 0 Å². The van der Waals surface area contributed by atoms with Gasteiger partial charge in [0.25, 0.3) is 0 Å². The number of carboxylic acids is 1.